The van der Waals surface area contributed by atoms with Crippen LogP contribution in [0.3, 0.4) is 0 Å². The minimum atomic E-state index is -0.346. The predicted molar refractivity (Wildman–Crippen MR) is 153 cm³/mol. The zero-order valence-electron chi connectivity index (χ0n) is 22.3. The molecule has 0 saturated carbocycles. The zero-order valence-corrected chi connectivity index (χ0v) is 22.3. The van der Waals surface area contributed by atoms with Gasteiger partial charge in [0.1, 0.15) is 28.9 Å². The highest BCUT2D eigenvalue weighted by molar-refractivity contribution is 5.95. The first-order chi connectivity index (χ1) is 18.8. The van der Waals surface area contributed by atoms with Gasteiger partial charge in [0.05, 0.1) is 25.4 Å². The number of carbonyl (C=O) groups is 1. The lowest BCUT2D eigenvalue weighted by Gasteiger charge is -2.08. The Morgan fingerprint density at radius 3 is 1.46 bits per heavy atom. The van der Waals surface area contributed by atoms with E-state index in [0.29, 0.717) is 36.5 Å². The summed E-state index contributed by atoms with van der Waals surface area (Å²) in [5, 5.41) is 23.7. The number of ether oxygens (including phenoxy) is 3. The number of amidine groups is 2. The van der Waals surface area contributed by atoms with Crippen molar-refractivity contribution in [3.05, 3.63) is 89.5 Å². The molecule has 0 unspecified atom stereocenters. The fraction of sp³-hybridized carbons (Fsp3) is 0.300. The van der Waals surface area contributed by atoms with Gasteiger partial charge in [-0.3, -0.25) is 10.8 Å². The number of esters is 1. The van der Waals surface area contributed by atoms with E-state index in [2.05, 4.69) is 0 Å². The number of hydrogen-bond acceptors (Lipinski definition) is 7. The molecule has 0 aliphatic rings. The Labute approximate surface area is 229 Å². The third kappa shape index (κ3) is 12.0. The zero-order chi connectivity index (χ0) is 28.5. The minimum absolute atomic E-state index is 0.0635. The molecule has 0 atom stereocenters. The third-order valence-electron chi connectivity index (χ3n) is 5.45. The van der Waals surface area contributed by atoms with E-state index in [9.17, 15) is 4.79 Å². The molecular formula is C30H38N4O5. The lowest BCUT2D eigenvalue weighted by molar-refractivity contribution is 0.0505. The van der Waals surface area contributed by atoms with Crippen molar-refractivity contribution in [2.24, 2.45) is 11.5 Å². The van der Waals surface area contributed by atoms with E-state index in [1.165, 1.54) is 24.3 Å². The molecule has 0 heterocycles. The summed E-state index contributed by atoms with van der Waals surface area (Å²) in [4.78, 5) is 11.2. The van der Waals surface area contributed by atoms with Crippen molar-refractivity contribution in [3.63, 3.8) is 0 Å². The molecule has 0 fully saturated rings. The van der Waals surface area contributed by atoms with Crippen LogP contribution in [0.1, 0.15) is 60.5 Å². The van der Waals surface area contributed by atoms with Crippen LogP contribution in [0.4, 0.5) is 0 Å². The minimum Gasteiger partial charge on any atom is -0.508 e. The maximum atomic E-state index is 11.2. The van der Waals surface area contributed by atoms with Crippen molar-refractivity contribution in [1.29, 1.82) is 10.8 Å². The van der Waals surface area contributed by atoms with Gasteiger partial charge in [0, 0.05) is 11.1 Å². The topological polar surface area (TPSA) is 165 Å². The Morgan fingerprint density at radius 2 is 1.08 bits per heavy atom. The van der Waals surface area contributed by atoms with E-state index < -0.39 is 0 Å². The van der Waals surface area contributed by atoms with E-state index in [1.807, 2.05) is 31.2 Å². The van der Waals surface area contributed by atoms with Gasteiger partial charge in [0.2, 0.25) is 0 Å². The Balaban J connectivity index is 0.000000344. The molecule has 208 valence electrons. The first kappa shape index (κ1) is 30.7. The number of carbonyl (C=O) groups excluding carboxylic acids is 1. The Bertz CT molecular complexity index is 1100. The van der Waals surface area contributed by atoms with Crippen LogP contribution in [0.5, 0.6) is 17.2 Å². The Hall–Kier alpha value is -4.53. The molecule has 9 heteroatoms. The van der Waals surface area contributed by atoms with Gasteiger partial charge < -0.3 is 30.8 Å². The van der Waals surface area contributed by atoms with Crippen molar-refractivity contribution in [2.45, 2.75) is 39.0 Å². The van der Waals surface area contributed by atoms with E-state index in [0.717, 1.165) is 43.6 Å². The highest BCUT2D eigenvalue weighted by Crippen LogP contribution is 2.14. The van der Waals surface area contributed by atoms with Crippen molar-refractivity contribution in [2.75, 3.05) is 19.8 Å². The summed E-state index contributed by atoms with van der Waals surface area (Å²) < 4.78 is 16.3. The fourth-order valence-corrected chi connectivity index (χ4v) is 3.27. The number of hydrogen-bond donors (Lipinski definition) is 5. The van der Waals surface area contributed by atoms with Crippen molar-refractivity contribution in [3.8, 4) is 17.2 Å². The number of nitrogens with one attached hydrogen (secondary N) is 2. The van der Waals surface area contributed by atoms with Gasteiger partial charge in [-0.1, -0.05) is 6.92 Å². The summed E-state index contributed by atoms with van der Waals surface area (Å²) in [6.07, 6.45) is 4.95. The van der Waals surface area contributed by atoms with Gasteiger partial charge in [-0.05, 0) is 105 Å². The maximum absolute atomic E-state index is 11.2. The smallest absolute Gasteiger partial charge is 0.338 e. The average molecular weight is 535 g/mol. The number of phenols is 1. The van der Waals surface area contributed by atoms with Crippen LogP contribution in [0.2, 0.25) is 0 Å². The van der Waals surface area contributed by atoms with Gasteiger partial charge >= 0.3 is 5.97 Å². The normalized spacial score (nSPS) is 10.1. The molecule has 9 nitrogen and oxygen atoms in total. The summed E-state index contributed by atoms with van der Waals surface area (Å²) >= 11 is 0. The number of nitrogen functional groups attached to an aromatic ring is 2. The molecule has 3 aromatic carbocycles. The van der Waals surface area contributed by atoms with Gasteiger partial charge in [0.25, 0.3) is 0 Å². The average Bonchev–Trinajstić information content (AvgIpc) is 2.94. The Kier molecular flexibility index (Phi) is 13.4. The molecular weight excluding hydrogens is 496 g/mol. The van der Waals surface area contributed by atoms with Crippen LogP contribution in [0, 0.1) is 10.8 Å². The fourth-order valence-electron chi connectivity index (χ4n) is 3.27. The van der Waals surface area contributed by atoms with Crippen molar-refractivity contribution in [1.82, 2.24) is 0 Å². The first-order valence-electron chi connectivity index (χ1n) is 12.9. The molecule has 0 aliphatic carbocycles. The summed E-state index contributed by atoms with van der Waals surface area (Å²) in [5.74, 6) is 1.52. The highest BCUT2D eigenvalue weighted by Gasteiger charge is 2.05. The van der Waals surface area contributed by atoms with Gasteiger partial charge in [0.15, 0.2) is 0 Å². The number of nitrogens with two attached hydrogens (primary N) is 2. The molecule has 0 amide bonds. The molecule has 0 aliphatic heterocycles. The van der Waals surface area contributed by atoms with E-state index in [-0.39, 0.29) is 23.4 Å². The lowest BCUT2D eigenvalue weighted by atomic mass is 10.2. The van der Waals surface area contributed by atoms with Crippen LogP contribution < -0.4 is 20.9 Å². The second-order valence-corrected chi connectivity index (χ2v) is 8.67. The molecule has 0 radical (unpaired) electrons. The van der Waals surface area contributed by atoms with E-state index in [4.69, 9.17) is 41.6 Å². The molecule has 3 rings (SSSR count). The number of phenolic OH excluding ortho intramolecular Hbond substituents is 1. The summed E-state index contributed by atoms with van der Waals surface area (Å²) in [6.45, 7) is 3.71. The third-order valence-corrected chi connectivity index (χ3v) is 5.45. The molecule has 0 saturated heterocycles. The van der Waals surface area contributed by atoms with Crippen molar-refractivity contribution >= 4 is 17.6 Å². The summed E-state index contributed by atoms with van der Waals surface area (Å²) in [5.41, 5.74) is 12.7. The van der Waals surface area contributed by atoms with E-state index in [1.54, 1.807) is 24.3 Å². The highest BCUT2D eigenvalue weighted by atomic mass is 16.5. The number of unbranched alkanes of at least 4 members (excludes halogenated alkanes) is 3. The van der Waals surface area contributed by atoms with Crippen LogP contribution >= 0.6 is 0 Å². The number of aromatic hydroxyl groups is 1. The predicted octanol–water partition coefficient (Wildman–Crippen LogP) is 5.23. The molecule has 3 aromatic rings. The summed E-state index contributed by atoms with van der Waals surface area (Å²) in [6, 6.07) is 20.5. The lowest BCUT2D eigenvalue weighted by Crippen LogP contribution is -2.10. The standard InChI is InChI=1S/C20H26N4O2.C10H12O3/c21-19(22)15-5-9-17(10-6-15)25-13-3-1-2-4-14-26-18-11-7-16(8-12-18)20(23)24;1-2-7-13-10(12)8-3-5-9(11)6-4-8/h5-12H,1-4,13-14H2,(H3,21,22)(H3,23,24);3-6,11H,2,7H2,1H3. The second kappa shape index (κ2) is 17.1. The van der Waals surface area contributed by atoms with Crippen LogP contribution in [-0.4, -0.2) is 42.6 Å². The molecule has 0 bridgehead atoms. The molecule has 7 N–H and O–H groups in total. The van der Waals surface area contributed by atoms with Gasteiger partial charge in [-0.25, -0.2) is 4.79 Å². The largest absolute Gasteiger partial charge is 0.508 e. The number of benzene rings is 3. The van der Waals surface area contributed by atoms with Gasteiger partial charge in [-0.15, -0.1) is 0 Å². The second-order valence-electron chi connectivity index (χ2n) is 8.67. The molecule has 0 aromatic heterocycles. The first-order valence-corrected chi connectivity index (χ1v) is 12.9. The van der Waals surface area contributed by atoms with Crippen LogP contribution in [0.25, 0.3) is 0 Å². The Morgan fingerprint density at radius 1 is 0.667 bits per heavy atom. The van der Waals surface area contributed by atoms with E-state index >= 15 is 0 Å². The monoisotopic (exact) mass is 534 g/mol. The number of rotatable bonds is 14. The van der Waals surface area contributed by atoms with Crippen LogP contribution in [0.15, 0.2) is 72.8 Å². The summed E-state index contributed by atoms with van der Waals surface area (Å²) in [7, 11) is 0. The quantitative estimate of drug-likeness (QED) is 0.0817. The van der Waals surface area contributed by atoms with Gasteiger partial charge in [-0.2, -0.15) is 0 Å². The molecule has 39 heavy (non-hydrogen) atoms. The molecule has 0 spiro atoms. The maximum Gasteiger partial charge on any atom is 0.338 e. The van der Waals surface area contributed by atoms with Crippen LogP contribution in [-0.2, 0) is 4.74 Å². The van der Waals surface area contributed by atoms with Crippen molar-refractivity contribution < 1.29 is 24.1 Å². The SMILES string of the molecule is CCCOC(=O)c1ccc(O)cc1.N=C(N)c1ccc(OCCCCCCOc2ccc(C(=N)N)cc2)cc1.